The summed E-state index contributed by atoms with van der Waals surface area (Å²) in [5, 5.41) is 4.05. The van der Waals surface area contributed by atoms with Crippen LogP contribution >= 0.6 is 11.3 Å². The lowest BCUT2D eigenvalue weighted by atomic mass is 10.3. The summed E-state index contributed by atoms with van der Waals surface area (Å²) in [5.41, 5.74) is 1.05. The lowest BCUT2D eigenvalue weighted by Crippen LogP contribution is -2.16. The Bertz CT molecular complexity index is 1150. The van der Waals surface area contributed by atoms with Gasteiger partial charge in [0.1, 0.15) is 0 Å². The monoisotopic (exact) mass is 376 g/mol. The summed E-state index contributed by atoms with van der Waals surface area (Å²) in [7, 11) is -1.58. The zero-order valence-corrected chi connectivity index (χ0v) is 15.3. The summed E-state index contributed by atoms with van der Waals surface area (Å²) in [6.45, 7) is 4.18. The number of allylic oxidation sites excluding steroid dienone is 1. The van der Waals surface area contributed by atoms with Crippen molar-refractivity contribution >= 4 is 37.3 Å². The van der Waals surface area contributed by atoms with Gasteiger partial charge in [-0.1, -0.05) is 17.4 Å². The van der Waals surface area contributed by atoms with Crippen LogP contribution in [0.4, 0.5) is 0 Å². The minimum absolute atomic E-state index is 0.231. The number of fused-ring (bicyclic) bond motifs is 1. The van der Waals surface area contributed by atoms with Crippen molar-refractivity contribution in [2.45, 2.75) is 11.4 Å². The molecule has 0 bridgehead atoms. The van der Waals surface area contributed by atoms with E-state index < -0.39 is 15.7 Å². The van der Waals surface area contributed by atoms with E-state index in [1.54, 1.807) is 43.6 Å². The standard InChI is InChI=1S/C16H16N4O3S2/c1-4-8-20-13-6-5-11(25(3,22)23)10-14(13)24-16(20)17-15(21)12-7-9-19(2)18-12/h4-7,9-10H,1,8H2,2-3H3. The summed E-state index contributed by atoms with van der Waals surface area (Å²) in [6.07, 6.45) is 4.53. The van der Waals surface area contributed by atoms with Gasteiger partial charge in [0.15, 0.2) is 20.3 Å². The van der Waals surface area contributed by atoms with Crippen LogP contribution in [-0.4, -0.2) is 34.9 Å². The van der Waals surface area contributed by atoms with E-state index >= 15 is 0 Å². The highest BCUT2D eigenvalue weighted by atomic mass is 32.2. The minimum Gasteiger partial charge on any atom is -0.312 e. The van der Waals surface area contributed by atoms with Crippen LogP contribution in [0, 0.1) is 0 Å². The molecule has 0 aliphatic rings. The molecule has 9 heteroatoms. The maximum Gasteiger partial charge on any atom is 0.300 e. The molecule has 0 aliphatic carbocycles. The van der Waals surface area contributed by atoms with Crippen molar-refractivity contribution in [1.29, 1.82) is 0 Å². The van der Waals surface area contributed by atoms with Gasteiger partial charge in [0.25, 0.3) is 5.91 Å². The summed E-state index contributed by atoms with van der Waals surface area (Å²) in [4.78, 5) is 17.2. The van der Waals surface area contributed by atoms with Crippen molar-refractivity contribution in [2.24, 2.45) is 12.0 Å². The maximum atomic E-state index is 12.3. The van der Waals surface area contributed by atoms with Gasteiger partial charge in [-0.25, -0.2) is 8.42 Å². The first-order chi connectivity index (χ1) is 11.8. The van der Waals surface area contributed by atoms with Crippen molar-refractivity contribution < 1.29 is 13.2 Å². The van der Waals surface area contributed by atoms with Crippen LogP contribution in [-0.2, 0) is 23.4 Å². The third kappa shape index (κ3) is 3.47. The number of hydrogen-bond donors (Lipinski definition) is 0. The zero-order chi connectivity index (χ0) is 18.2. The van der Waals surface area contributed by atoms with E-state index in [4.69, 9.17) is 0 Å². The van der Waals surface area contributed by atoms with Crippen LogP contribution < -0.4 is 4.80 Å². The molecule has 0 N–H and O–H groups in total. The van der Waals surface area contributed by atoms with Gasteiger partial charge < -0.3 is 4.57 Å². The molecule has 25 heavy (non-hydrogen) atoms. The predicted octanol–water partition coefficient (Wildman–Crippen LogP) is 1.77. The van der Waals surface area contributed by atoms with Crippen LogP contribution in [0.25, 0.3) is 10.2 Å². The molecule has 1 amide bonds. The number of benzene rings is 1. The van der Waals surface area contributed by atoms with E-state index in [1.807, 2.05) is 4.57 Å². The van der Waals surface area contributed by atoms with Crippen molar-refractivity contribution in [3.8, 4) is 0 Å². The Labute approximate surface area is 148 Å². The second-order valence-electron chi connectivity index (χ2n) is 5.48. The van der Waals surface area contributed by atoms with E-state index in [0.29, 0.717) is 11.3 Å². The Morgan fingerprint density at radius 3 is 2.76 bits per heavy atom. The molecule has 0 radical (unpaired) electrons. The molecule has 0 saturated carbocycles. The molecule has 0 spiro atoms. The number of carbonyl (C=O) groups excluding carboxylic acids is 1. The molecule has 3 aromatic rings. The molecule has 7 nitrogen and oxygen atoms in total. The van der Waals surface area contributed by atoms with Crippen molar-refractivity contribution in [3.63, 3.8) is 0 Å². The zero-order valence-electron chi connectivity index (χ0n) is 13.7. The fourth-order valence-corrected chi connectivity index (χ4v) is 4.15. The summed E-state index contributed by atoms with van der Waals surface area (Å²) in [6, 6.07) is 6.46. The molecule has 0 unspecified atom stereocenters. The first-order valence-corrected chi connectivity index (χ1v) is 10.0. The molecular weight excluding hydrogens is 360 g/mol. The van der Waals surface area contributed by atoms with Gasteiger partial charge in [0.2, 0.25) is 0 Å². The number of sulfone groups is 1. The number of aromatic nitrogens is 3. The number of rotatable bonds is 4. The third-order valence-corrected chi connectivity index (χ3v) is 5.68. The Kier molecular flexibility index (Phi) is 4.44. The van der Waals surface area contributed by atoms with E-state index in [9.17, 15) is 13.2 Å². The fraction of sp³-hybridized carbons (Fsp3) is 0.188. The predicted molar refractivity (Wildman–Crippen MR) is 96.2 cm³/mol. The SMILES string of the molecule is C=CCn1c(=NC(=O)c2ccn(C)n2)sc2cc(S(C)(=O)=O)ccc21. The molecule has 0 saturated heterocycles. The van der Waals surface area contributed by atoms with Crippen molar-refractivity contribution in [2.75, 3.05) is 6.26 Å². The second kappa shape index (κ2) is 6.41. The van der Waals surface area contributed by atoms with Gasteiger partial charge in [-0.2, -0.15) is 10.1 Å². The van der Waals surface area contributed by atoms with E-state index in [-0.39, 0.29) is 10.6 Å². The summed E-state index contributed by atoms with van der Waals surface area (Å²) < 4.78 is 27.6. The smallest absolute Gasteiger partial charge is 0.300 e. The Hall–Kier alpha value is -2.52. The second-order valence-corrected chi connectivity index (χ2v) is 8.50. The molecule has 0 fully saturated rings. The average molecular weight is 376 g/mol. The molecule has 0 aliphatic heterocycles. The van der Waals surface area contributed by atoms with Gasteiger partial charge in [-0.3, -0.25) is 9.48 Å². The first-order valence-electron chi connectivity index (χ1n) is 7.32. The molecular formula is C16H16N4O3S2. The Morgan fingerprint density at radius 1 is 1.40 bits per heavy atom. The number of aryl methyl sites for hydroxylation is 1. The molecule has 3 rings (SSSR count). The number of hydrogen-bond acceptors (Lipinski definition) is 5. The lowest BCUT2D eigenvalue weighted by molar-refractivity contribution is 0.0992. The largest absolute Gasteiger partial charge is 0.312 e. The van der Waals surface area contributed by atoms with Crippen LogP contribution in [0.2, 0.25) is 0 Å². The number of thiazole rings is 1. The van der Waals surface area contributed by atoms with Crippen molar-refractivity contribution in [3.05, 3.63) is 53.6 Å². The van der Waals surface area contributed by atoms with E-state index in [2.05, 4.69) is 16.7 Å². The third-order valence-electron chi connectivity index (χ3n) is 3.52. The van der Waals surface area contributed by atoms with Gasteiger partial charge in [-0.05, 0) is 24.3 Å². The summed E-state index contributed by atoms with van der Waals surface area (Å²) >= 11 is 1.25. The minimum atomic E-state index is -3.31. The Morgan fingerprint density at radius 2 is 2.16 bits per heavy atom. The van der Waals surface area contributed by atoms with Crippen LogP contribution in [0.5, 0.6) is 0 Å². The van der Waals surface area contributed by atoms with Gasteiger partial charge in [0, 0.05) is 26.0 Å². The first kappa shape index (κ1) is 17.3. The van der Waals surface area contributed by atoms with Crippen molar-refractivity contribution in [1.82, 2.24) is 14.3 Å². The fourth-order valence-electron chi connectivity index (χ4n) is 2.35. The Balaban J connectivity index is 2.19. The topological polar surface area (TPSA) is 86.3 Å². The van der Waals surface area contributed by atoms with Crippen LogP contribution in [0.1, 0.15) is 10.5 Å². The molecule has 1 aromatic carbocycles. The normalized spacial score (nSPS) is 12.6. The lowest BCUT2D eigenvalue weighted by Gasteiger charge is -2.02. The molecule has 2 heterocycles. The number of amides is 1. The van der Waals surface area contributed by atoms with Crippen LogP contribution in [0.15, 0.2) is 53.0 Å². The molecule has 0 atom stereocenters. The van der Waals surface area contributed by atoms with Gasteiger partial charge in [-0.15, -0.1) is 6.58 Å². The highest BCUT2D eigenvalue weighted by molar-refractivity contribution is 7.90. The van der Waals surface area contributed by atoms with Gasteiger partial charge >= 0.3 is 0 Å². The van der Waals surface area contributed by atoms with E-state index in [0.717, 1.165) is 16.5 Å². The number of nitrogens with zero attached hydrogens (tertiary/aromatic N) is 4. The average Bonchev–Trinajstić information content (AvgIpc) is 3.11. The van der Waals surface area contributed by atoms with E-state index in [1.165, 1.54) is 16.0 Å². The van der Waals surface area contributed by atoms with Crippen LogP contribution in [0.3, 0.4) is 0 Å². The molecule has 2 aromatic heterocycles. The number of carbonyl (C=O) groups is 1. The highest BCUT2D eigenvalue weighted by Gasteiger charge is 2.13. The quantitative estimate of drug-likeness (QED) is 0.650. The van der Waals surface area contributed by atoms with Gasteiger partial charge in [0.05, 0.1) is 15.1 Å². The summed E-state index contributed by atoms with van der Waals surface area (Å²) in [5.74, 6) is -0.451. The maximum absolute atomic E-state index is 12.3. The molecule has 130 valence electrons. The highest BCUT2D eigenvalue weighted by Crippen LogP contribution is 2.22.